The van der Waals surface area contributed by atoms with Crippen LogP contribution < -0.4 is 15.6 Å². The van der Waals surface area contributed by atoms with Crippen LogP contribution in [0.4, 0.5) is 8.78 Å². The third-order valence-electron chi connectivity index (χ3n) is 4.82. The van der Waals surface area contributed by atoms with Crippen molar-refractivity contribution in [2.45, 2.75) is 31.9 Å². The van der Waals surface area contributed by atoms with E-state index in [0.717, 1.165) is 17.5 Å². The molecule has 4 rings (SSSR count). The Morgan fingerprint density at radius 3 is 2.96 bits per heavy atom. The van der Waals surface area contributed by atoms with Crippen LogP contribution in [-0.2, 0) is 6.42 Å². The average Bonchev–Trinajstić information content (AvgIpc) is 2.68. The second kappa shape index (κ2) is 7.38. The Morgan fingerprint density at radius 2 is 2.14 bits per heavy atom. The van der Waals surface area contributed by atoms with Crippen LogP contribution in [0.2, 0.25) is 0 Å². The molecule has 28 heavy (non-hydrogen) atoms. The molecular formula is C20H17F2N3O3. The first-order valence-electron chi connectivity index (χ1n) is 8.88. The number of hydrogen-bond acceptors (Lipinski definition) is 4. The van der Waals surface area contributed by atoms with Crippen LogP contribution in [0.3, 0.4) is 0 Å². The Bertz CT molecular complexity index is 1100. The van der Waals surface area contributed by atoms with Gasteiger partial charge in [0.05, 0.1) is 6.04 Å². The predicted octanol–water partition coefficient (Wildman–Crippen LogP) is 3.10. The molecule has 0 saturated heterocycles. The van der Waals surface area contributed by atoms with Crippen molar-refractivity contribution < 1.29 is 18.3 Å². The highest BCUT2D eigenvalue weighted by Crippen LogP contribution is 2.32. The first-order valence-corrected chi connectivity index (χ1v) is 8.88. The largest absolute Gasteiger partial charge is 0.435 e. The van der Waals surface area contributed by atoms with Gasteiger partial charge < -0.3 is 10.1 Å². The molecule has 1 N–H and O–H groups in total. The summed E-state index contributed by atoms with van der Waals surface area (Å²) in [6.45, 7) is -2.88. The van der Waals surface area contributed by atoms with E-state index in [9.17, 15) is 18.4 Å². The lowest BCUT2D eigenvalue weighted by Gasteiger charge is -2.26. The van der Waals surface area contributed by atoms with Gasteiger partial charge in [-0.15, -0.1) is 0 Å². The number of amides is 1. The highest BCUT2D eigenvalue weighted by molar-refractivity contribution is 5.94. The maximum absolute atomic E-state index is 12.7. The first-order chi connectivity index (χ1) is 13.5. The summed E-state index contributed by atoms with van der Waals surface area (Å²) in [6, 6.07) is 9.53. The minimum absolute atomic E-state index is 0.0477. The molecule has 1 amide bonds. The van der Waals surface area contributed by atoms with E-state index in [-0.39, 0.29) is 17.4 Å². The molecule has 8 heteroatoms. The number of alkyl halides is 2. The molecule has 1 aliphatic carbocycles. The van der Waals surface area contributed by atoms with Crippen molar-refractivity contribution in [2.75, 3.05) is 0 Å². The molecule has 0 bridgehead atoms. The van der Waals surface area contributed by atoms with E-state index in [1.165, 1.54) is 16.7 Å². The molecule has 144 valence electrons. The molecule has 0 radical (unpaired) electrons. The number of nitrogens with zero attached hydrogens (tertiary/aromatic N) is 2. The standard InChI is InChI=1S/C20H17F2N3O3/c21-20(22)28-13-7-8-14-12(10-13)4-3-5-16(14)24-18(26)15-11-23-17-6-1-2-9-25(17)19(15)27/h1-2,6-11,16,20H,3-5H2,(H,24,26). The van der Waals surface area contributed by atoms with Crippen molar-refractivity contribution in [3.05, 3.63) is 75.8 Å². The van der Waals surface area contributed by atoms with Crippen molar-refractivity contribution in [3.8, 4) is 5.75 Å². The lowest BCUT2D eigenvalue weighted by molar-refractivity contribution is -0.0499. The summed E-state index contributed by atoms with van der Waals surface area (Å²) in [4.78, 5) is 29.4. The summed E-state index contributed by atoms with van der Waals surface area (Å²) in [5.74, 6) is -0.417. The number of carbonyl (C=O) groups is 1. The van der Waals surface area contributed by atoms with Gasteiger partial charge in [-0.1, -0.05) is 12.1 Å². The third kappa shape index (κ3) is 3.45. The zero-order valence-corrected chi connectivity index (χ0v) is 14.8. The Kier molecular flexibility index (Phi) is 4.77. The number of hydrogen-bond donors (Lipinski definition) is 1. The fraction of sp³-hybridized carbons (Fsp3) is 0.250. The fourth-order valence-corrected chi connectivity index (χ4v) is 3.54. The molecule has 0 saturated carbocycles. The van der Waals surface area contributed by atoms with Gasteiger partial charge in [0.25, 0.3) is 11.5 Å². The van der Waals surface area contributed by atoms with E-state index >= 15 is 0 Å². The van der Waals surface area contributed by atoms with Crippen LogP contribution in [0.25, 0.3) is 5.65 Å². The summed E-state index contributed by atoms with van der Waals surface area (Å²) >= 11 is 0. The lowest BCUT2D eigenvalue weighted by atomic mass is 9.87. The van der Waals surface area contributed by atoms with E-state index in [0.29, 0.717) is 18.5 Å². The summed E-state index contributed by atoms with van der Waals surface area (Å²) in [6.07, 6.45) is 5.02. The first kappa shape index (κ1) is 18.1. The van der Waals surface area contributed by atoms with Gasteiger partial charge in [0.15, 0.2) is 0 Å². The number of ether oxygens (including phenoxy) is 1. The minimum Gasteiger partial charge on any atom is -0.435 e. The van der Waals surface area contributed by atoms with Crippen molar-refractivity contribution >= 4 is 11.6 Å². The zero-order valence-electron chi connectivity index (χ0n) is 14.8. The van der Waals surface area contributed by atoms with E-state index < -0.39 is 18.1 Å². The number of nitrogens with one attached hydrogen (secondary N) is 1. The quantitative estimate of drug-likeness (QED) is 0.749. The van der Waals surface area contributed by atoms with Crippen molar-refractivity contribution in [2.24, 2.45) is 0 Å². The molecule has 2 heterocycles. The van der Waals surface area contributed by atoms with Gasteiger partial charge in [-0.2, -0.15) is 8.78 Å². The molecule has 0 aliphatic heterocycles. The van der Waals surface area contributed by atoms with Crippen LogP contribution in [0, 0.1) is 0 Å². The number of aromatic nitrogens is 2. The number of pyridine rings is 1. The normalized spacial score (nSPS) is 16.0. The van der Waals surface area contributed by atoms with Gasteiger partial charge >= 0.3 is 6.61 Å². The second-order valence-electron chi connectivity index (χ2n) is 6.56. The Morgan fingerprint density at radius 1 is 1.29 bits per heavy atom. The molecule has 0 spiro atoms. The Balaban J connectivity index is 1.60. The summed E-state index contributed by atoms with van der Waals surface area (Å²) in [5.41, 5.74) is 1.66. The number of fused-ring (bicyclic) bond motifs is 2. The van der Waals surface area contributed by atoms with Crippen molar-refractivity contribution in [3.63, 3.8) is 0 Å². The molecule has 1 aliphatic rings. The molecule has 2 aromatic heterocycles. The van der Waals surface area contributed by atoms with Gasteiger partial charge in [-0.25, -0.2) is 4.98 Å². The summed E-state index contributed by atoms with van der Waals surface area (Å²) in [5, 5.41) is 2.88. The number of aryl methyl sites for hydroxylation is 1. The highest BCUT2D eigenvalue weighted by atomic mass is 19.3. The van der Waals surface area contributed by atoms with Crippen molar-refractivity contribution in [1.29, 1.82) is 0 Å². The van der Waals surface area contributed by atoms with Crippen LogP contribution in [0.15, 0.2) is 53.6 Å². The molecule has 0 fully saturated rings. The minimum atomic E-state index is -2.88. The number of carbonyl (C=O) groups excluding carboxylic acids is 1. The molecule has 1 atom stereocenters. The number of rotatable bonds is 4. The van der Waals surface area contributed by atoms with Crippen LogP contribution in [-0.4, -0.2) is 21.9 Å². The molecular weight excluding hydrogens is 368 g/mol. The molecule has 1 aromatic carbocycles. The highest BCUT2D eigenvalue weighted by Gasteiger charge is 2.24. The zero-order chi connectivity index (χ0) is 19.7. The topological polar surface area (TPSA) is 72.7 Å². The number of benzene rings is 1. The van der Waals surface area contributed by atoms with Crippen LogP contribution in [0.1, 0.15) is 40.4 Å². The maximum Gasteiger partial charge on any atom is 0.387 e. The summed E-state index contributed by atoms with van der Waals surface area (Å²) < 4.78 is 30.6. The SMILES string of the molecule is O=C(NC1CCCc2cc(OC(F)F)ccc21)c1cnc2ccccn2c1=O. The monoisotopic (exact) mass is 385 g/mol. The van der Waals surface area contributed by atoms with Gasteiger partial charge in [-0.3, -0.25) is 14.0 Å². The second-order valence-corrected chi connectivity index (χ2v) is 6.56. The predicted molar refractivity (Wildman–Crippen MR) is 97.7 cm³/mol. The van der Waals surface area contributed by atoms with Gasteiger partial charge in [-0.05, 0) is 54.7 Å². The lowest BCUT2D eigenvalue weighted by Crippen LogP contribution is -2.35. The number of halogens is 2. The third-order valence-corrected chi connectivity index (χ3v) is 4.82. The van der Waals surface area contributed by atoms with Gasteiger partial charge in [0.2, 0.25) is 0 Å². The van der Waals surface area contributed by atoms with E-state index in [4.69, 9.17) is 0 Å². The van der Waals surface area contributed by atoms with E-state index in [1.54, 1.807) is 36.5 Å². The maximum atomic E-state index is 12.7. The molecule has 6 nitrogen and oxygen atoms in total. The average molecular weight is 385 g/mol. The van der Waals surface area contributed by atoms with E-state index in [2.05, 4.69) is 15.0 Å². The van der Waals surface area contributed by atoms with Crippen LogP contribution >= 0.6 is 0 Å². The molecule has 3 aromatic rings. The van der Waals surface area contributed by atoms with Crippen molar-refractivity contribution in [1.82, 2.24) is 14.7 Å². The fourth-order valence-electron chi connectivity index (χ4n) is 3.54. The van der Waals surface area contributed by atoms with Gasteiger partial charge in [0, 0.05) is 12.4 Å². The van der Waals surface area contributed by atoms with E-state index in [1.807, 2.05) is 0 Å². The Hall–Kier alpha value is -3.29. The smallest absolute Gasteiger partial charge is 0.387 e. The van der Waals surface area contributed by atoms with Gasteiger partial charge in [0.1, 0.15) is 17.0 Å². The summed E-state index contributed by atoms with van der Waals surface area (Å²) in [7, 11) is 0. The van der Waals surface area contributed by atoms with Crippen LogP contribution in [0.5, 0.6) is 5.75 Å². The Labute approximate surface area is 158 Å². The molecule has 1 unspecified atom stereocenters.